The highest BCUT2D eigenvalue weighted by atomic mass is 35.5. The van der Waals surface area contributed by atoms with Crippen LogP contribution in [-0.4, -0.2) is 26.1 Å². The van der Waals surface area contributed by atoms with Gasteiger partial charge in [-0.15, -0.1) is 0 Å². The molecule has 8 heteroatoms. The van der Waals surface area contributed by atoms with Crippen LogP contribution in [0, 0.1) is 6.92 Å². The van der Waals surface area contributed by atoms with Gasteiger partial charge in [-0.3, -0.25) is 4.55 Å². The number of nitrogens with two attached hydrogens (primary N) is 1. The number of hydrogen-bond acceptors (Lipinski definition) is 5. The maximum atomic E-state index is 11.2. The molecule has 0 aliphatic carbocycles. The Morgan fingerprint density at radius 2 is 1.75 bits per heavy atom. The molecule has 0 bridgehead atoms. The fourth-order valence-corrected chi connectivity index (χ4v) is 3.72. The molecule has 0 saturated heterocycles. The number of hydrogen-bond donors (Lipinski definition) is 2. The van der Waals surface area contributed by atoms with Crippen molar-refractivity contribution >= 4 is 33.1 Å². The zero-order valence-corrected chi connectivity index (χ0v) is 20.0. The average Bonchev–Trinajstić information content (AvgIpc) is 2.75. The van der Waals surface area contributed by atoms with Gasteiger partial charge in [0.1, 0.15) is 5.75 Å². The second kappa shape index (κ2) is 11.8. The molecule has 0 radical (unpaired) electrons. The maximum Gasteiger partial charge on any atom is 0.294 e. The van der Waals surface area contributed by atoms with Gasteiger partial charge in [0.15, 0.2) is 0 Å². The van der Waals surface area contributed by atoms with E-state index in [1.54, 1.807) is 24.3 Å². The lowest BCUT2D eigenvalue weighted by atomic mass is 10.1. The monoisotopic (exact) mass is 476 g/mol. The SMILES string of the molecule is CCN(Cc1cccc(S(=O)(=O)O)c1)c1cccc(C)c1.CCOc1ccc(N)c(Cl)c1. The van der Waals surface area contributed by atoms with Crippen LogP contribution in [0.2, 0.25) is 5.02 Å². The molecule has 32 heavy (non-hydrogen) atoms. The fraction of sp³-hybridized carbons (Fsp3) is 0.250. The summed E-state index contributed by atoms with van der Waals surface area (Å²) in [4.78, 5) is 2.08. The lowest BCUT2D eigenvalue weighted by molar-refractivity contribution is 0.340. The van der Waals surface area contributed by atoms with Crippen LogP contribution in [-0.2, 0) is 16.7 Å². The van der Waals surface area contributed by atoms with Crippen molar-refractivity contribution < 1.29 is 17.7 Å². The van der Waals surface area contributed by atoms with E-state index in [9.17, 15) is 8.42 Å². The van der Waals surface area contributed by atoms with Crippen LogP contribution in [0.15, 0.2) is 71.6 Å². The molecule has 0 fully saturated rings. The minimum atomic E-state index is -4.16. The van der Waals surface area contributed by atoms with Crippen LogP contribution in [0.3, 0.4) is 0 Å². The standard InChI is InChI=1S/C16H19NO3S.C8H10ClNO/c1-3-17(15-8-4-6-13(2)10-15)12-14-7-5-9-16(11-14)21(18,19)20;1-2-11-6-3-4-8(10)7(9)5-6/h4-11H,3,12H2,1-2H3,(H,18,19,20);3-5H,2,10H2,1H3. The Kier molecular flexibility index (Phi) is 9.38. The van der Waals surface area contributed by atoms with E-state index in [1.807, 2.05) is 38.1 Å². The number of nitrogens with zero attached hydrogens (tertiary/aromatic N) is 1. The molecular weight excluding hydrogens is 448 g/mol. The third-order valence-electron chi connectivity index (χ3n) is 4.60. The van der Waals surface area contributed by atoms with E-state index in [0.29, 0.717) is 23.9 Å². The molecule has 0 saturated carbocycles. The quantitative estimate of drug-likeness (QED) is 0.341. The Morgan fingerprint density at radius 1 is 1.03 bits per heavy atom. The predicted octanol–water partition coefficient (Wildman–Crippen LogP) is 5.59. The number of nitrogen functional groups attached to an aromatic ring is 1. The van der Waals surface area contributed by atoms with Crippen LogP contribution in [0.5, 0.6) is 5.75 Å². The van der Waals surface area contributed by atoms with Crippen molar-refractivity contribution in [1.82, 2.24) is 0 Å². The third kappa shape index (κ3) is 7.75. The first-order valence-electron chi connectivity index (χ1n) is 10.2. The number of aryl methyl sites for hydroxylation is 1. The number of halogens is 1. The summed E-state index contributed by atoms with van der Waals surface area (Å²) in [5, 5.41) is 0.538. The lowest BCUT2D eigenvalue weighted by Crippen LogP contribution is -2.22. The topological polar surface area (TPSA) is 92.9 Å². The molecule has 0 aliphatic heterocycles. The maximum absolute atomic E-state index is 11.2. The molecule has 3 N–H and O–H groups in total. The second-order valence-electron chi connectivity index (χ2n) is 7.09. The molecule has 0 atom stereocenters. The average molecular weight is 477 g/mol. The number of ether oxygens (including phenoxy) is 1. The number of anilines is 2. The summed E-state index contributed by atoms with van der Waals surface area (Å²) < 4.78 is 36.7. The Morgan fingerprint density at radius 3 is 2.34 bits per heavy atom. The van der Waals surface area contributed by atoms with Gasteiger partial charge >= 0.3 is 0 Å². The molecule has 0 spiro atoms. The minimum absolute atomic E-state index is 0.0692. The zero-order valence-electron chi connectivity index (χ0n) is 18.5. The molecule has 3 rings (SSSR count). The summed E-state index contributed by atoms with van der Waals surface area (Å²) in [5.74, 6) is 0.756. The van der Waals surface area contributed by atoms with E-state index < -0.39 is 10.1 Å². The van der Waals surface area contributed by atoms with Crippen molar-refractivity contribution in [3.63, 3.8) is 0 Å². The van der Waals surface area contributed by atoms with Crippen molar-refractivity contribution in [2.45, 2.75) is 32.2 Å². The molecule has 6 nitrogen and oxygen atoms in total. The summed E-state index contributed by atoms with van der Waals surface area (Å²) in [7, 11) is -4.16. The van der Waals surface area contributed by atoms with Gasteiger partial charge < -0.3 is 15.4 Å². The largest absolute Gasteiger partial charge is 0.494 e. The van der Waals surface area contributed by atoms with Crippen molar-refractivity contribution in [3.05, 3.63) is 82.9 Å². The first kappa shape index (κ1) is 25.5. The summed E-state index contributed by atoms with van der Waals surface area (Å²) in [6.07, 6.45) is 0. The molecule has 0 aliphatic rings. The van der Waals surface area contributed by atoms with Gasteiger partial charge in [0.05, 0.1) is 22.2 Å². The Hall–Kier alpha value is -2.74. The summed E-state index contributed by atoms with van der Waals surface area (Å²) >= 11 is 5.74. The van der Waals surface area contributed by atoms with Crippen molar-refractivity contribution in [2.75, 3.05) is 23.8 Å². The summed E-state index contributed by atoms with van der Waals surface area (Å²) in [5.41, 5.74) is 9.19. The van der Waals surface area contributed by atoms with Gasteiger partial charge in [0, 0.05) is 24.8 Å². The van der Waals surface area contributed by atoms with Crippen LogP contribution < -0.4 is 15.4 Å². The van der Waals surface area contributed by atoms with Gasteiger partial charge in [-0.05, 0) is 68.3 Å². The first-order chi connectivity index (χ1) is 15.1. The summed E-state index contributed by atoms with van der Waals surface area (Å²) in [6, 6.07) is 19.8. The van der Waals surface area contributed by atoms with Crippen LogP contribution in [0.1, 0.15) is 25.0 Å². The second-order valence-corrected chi connectivity index (χ2v) is 8.92. The van der Waals surface area contributed by atoms with Gasteiger partial charge in [-0.25, -0.2) is 0 Å². The van der Waals surface area contributed by atoms with Gasteiger partial charge in [0.2, 0.25) is 0 Å². The molecular formula is C24H29ClN2O4S. The molecule has 0 amide bonds. The predicted molar refractivity (Wildman–Crippen MR) is 131 cm³/mol. The molecule has 0 heterocycles. The van der Waals surface area contributed by atoms with Crippen LogP contribution in [0.25, 0.3) is 0 Å². The molecule has 0 aromatic heterocycles. The van der Waals surface area contributed by atoms with Gasteiger partial charge in [-0.1, -0.05) is 35.9 Å². The highest BCUT2D eigenvalue weighted by Gasteiger charge is 2.11. The van der Waals surface area contributed by atoms with E-state index >= 15 is 0 Å². The molecule has 3 aromatic carbocycles. The smallest absolute Gasteiger partial charge is 0.294 e. The summed E-state index contributed by atoms with van der Waals surface area (Å²) in [6.45, 7) is 8.04. The van der Waals surface area contributed by atoms with Crippen molar-refractivity contribution in [3.8, 4) is 5.75 Å². The van der Waals surface area contributed by atoms with E-state index in [-0.39, 0.29) is 4.90 Å². The number of benzene rings is 3. The Labute approximate surface area is 195 Å². The van der Waals surface area contributed by atoms with Crippen molar-refractivity contribution in [2.24, 2.45) is 0 Å². The molecule has 3 aromatic rings. The zero-order chi connectivity index (χ0) is 23.7. The van der Waals surface area contributed by atoms with Gasteiger partial charge in [-0.2, -0.15) is 8.42 Å². The highest BCUT2D eigenvalue weighted by Crippen LogP contribution is 2.24. The first-order valence-corrected chi connectivity index (χ1v) is 12.0. The van der Waals surface area contributed by atoms with E-state index in [4.69, 9.17) is 26.6 Å². The lowest BCUT2D eigenvalue weighted by Gasteiger charge is -2.23. The van der Waals surface area contributed by atoms with Crippen molar-refractivity contribution in [1.29, 1.82) is 0 Å². The molecule has 172 valence electrons. The number of rotatable bonds is 7. The minimum Gasteiger partial charge on any atom is -0.494 e. The third-order valence-corrected chi connectivity index (χ3v) is 5.78. The normalized spacial score (nSPS) is 10.8. The Bertz CT molecular complexity index is 1140. The highest BCUT2D eigenvalue weighted by molar-refractivity contribution is 7.85. The van der Waals surface area contributed by atoms with E-state index in [0.717, 1.165) is 23.5 Å². The van der Waals surface area contributed by atoms with E-state index in [2.05, 4.69) is 17.9 Å². The van der Waals surface area contributed by atoms with Crippen LogP contribution in [0.4, 0.5) is 11.4 Å². The van der Waals surface area contributed by atoms with Crippen LogP contribution >= 0.6 is 11.6 Å². The van der Waals surface area contributed by atoms with Gasteiger partial charge in [0.25, 0.3) is 10.1 Å². The van der Waals surface area contributed by atoms with E-state index in [1.165, 1.54) is 17.7 Å². The fourth-order valence-electron chi connectivity index (χ4n) is 3.00. The molecule has 0 unspecified atom stereocenters. The Balaban J connectivity index is 0.000000278.